The standard InChI is InChI=1S/C10H10Br2O4/c1-15-9(14)4-2-3-7(13)8-5-6(11)10(12)16-8/h5H,2-4H2,1H3. The topological polar surface area (TPSA) is 56.5 Å². The predicted octanol–water partition coefficient (Wildman–Crippen LogP) is 3.33. The van der Waals surface area contributed by atoms with Crippen molar-refractivity contribution in [3.05, 3.63) is 21.0 Å². The summed E-state index contributed by atoms with van der Waals surface area (Å²) in [5.41, 5.74) is 0. The van der Waals surface area contributed by atoms with Crippen LogP contribution in [0.5, 0.6) is 0 Å². The number of furan rings is 1. The molecule has 0 aromatic carbocycles. The molecule has 1 heterocycles. The van der Waals surface area contributed by atoms with Crippen LogP contribution in [-0.4, -0.2) is 18.9 Å². The number of carbonyl (C=O) groups excluding carboxylic acids is 2. The third-order valence-electron chi connectivity index (χ3n) is 1.93. The van der Waals surface area contributed by atoms with Crippen molar-refractivity contribution in [1.29, 1.82) is 0 Å². The third-order valence-corrected chi connectivity index (χ3v) is 3.64. The average Bonchev–Trinajstić information content (AvgIpc) is 2.59. The van der Waals surface area contributed by atoms with E-state index in [9.17, 15) is 9.59 Å². The van der Waals surface area contributed by atoms with Crippen molar-refractivity contribution in [2.45, 2.75) is 19.3 Å². The highest BCUT2D eigenvalue weighted by Gasteiger charge is 2.14. The van der Waals surface area contributed by atoms with E-state index in [2.05, 4.69) is 36.6 Å². The SMILES string of the molecule is COC(=O)CCCC(=O)c1cc(Br)c(Br)o1. The van der Waals surface area contributed by atoms with E-state index in [-0.39, 0.29) is 30.4 Å². The highest BCUT2D eigenvalue weighted by atomic mass is 79.9. The summed E-state index contributed by atoms with van der Waals surface area (Å²) in [5.74, 6) is -0.159. The van der Waals surface area contributed by atoms with Gasteiger partial charge in [0.15, 0.2) is 16.2 Å². The number of rotatable bonds is 5. The molecular weight excluding hydrogens is 344 g/mol. The van der Waals surface area contributed by atoms with Gasteiger partial charge in [-0.25, -0.2) is 0 Å². The van der Waals surface area contributed by atoms with Gasteiger partial charge in [0.25, 0.3) is 0 Å². The van der Waals surface area contributed by atoms with Crippen molar-refractivity contribution in [2.24, 2.45) is 0 Å². The number of Topliss-reactive ketones (excluding diaryl/α,β-unsaturated/α-hetero) is 1. The zero-order valence-corrected chi connectivity index (χ0v) is 11.8. The summed E-state index contributed by atoms with van der Waals surface area (Å²) >= 11 is 6.37. The van der Waals surface area contributed by atoms with Crippen LogP contribution >= 0.6 is 31.9 Å². The molecule has 0 fully saturated rings. The fourth-order valence-corrected chi connectivity index (χ4v) is 1.68. The van der Waals surface area contributed by atoms with Crippen molar-refractivity contribution in [2.75, 3.05) is 7.11 Å². The Kier molecular flexibility index (Phi) is 5.21. The molecule has 4 nitrogen and oxygen atoms in total. The number of methoxy groups -OCH3 is 1. The van der Waals surface area contributed by atoms with Gasteiger partial charge in [-0.1, -0.05) is 0 Å². The summed E-state index contributed by atoms with van der Waals surface area (Å²) in [6.07, 6.45) is 0.966. The van der Waals surface area contributed by atoms with Gasteiger partial charge >= 0.3 is 5.97 Å². The van der Waals surface area contributed by atoms with Gasteiger partial charge in [-0.05, 0) is 38.3 Å². The van der Waals surface area contributed by atoms with Gasteiger partial charge in [-0.15, -0.1) is 0 Å². The maximum Gasteiger partial charge on any atom is 0.305 e. The second-order valence-electron chi connectivity index (χ2n) is 3.09. The maximum atomic E-state index is 11.6. The number of carbonyl (C=O) groups is 2. The minimum Gasteiger partial charge on any atom is -0.469 e. The van der Waals surface area contributed by atoms with Gasteiger partial charge in [0.1, 0.15) is 0 Å². The summed E-state index contributed by atoms with van der Waals surface area (Å²) < 4.78 is 10.8. The van der Waals surface area contributed by atoms with Gasteiger partial charge in [0, 0.05) is 18.9 Å². The number of esters is 1. The van der Waals surface area contributed by atoms with Crippen LogP contribution < -0.4 is 0 Å². The first-order valence-corrected chi connectivity index (χ1v) is 6.18. The molecule has 1 aromatic heterocycles. The molecule has 16 heavy (non-hydrogen) atoms. The summed E-state index contributed by atoms with van der Waals surface area (Å²) in [6, 6.07) is 1.60. The molecule has 0 N–H and O–H groups in total. The van der Waals surface area contributed by atoms with Crippen LogP contribution in [0.1, 0.15) is 29.8 Å². The van der Waals surface area contributed by atoms with Crippen molar-refractivity contribution in [1.82, 2.24) is 0 Å². The lowest BCUT2D eigenvalue weighted by Gasteiger charge is -1.97. The van der Waals surface area contributed by atoms with Gasteiger partial charge in [-0.3, -0.25) is 9.59 Å². The van der Waals surface area contributed by atoms with Gasteiger partial charge < -0.3 is 9.15 Å². The second-order valence-corrected chi connectivity index (χ2v) is 4.66. The van der Waals surface area contributed by atoms with Crippen LogP contribution in [0.2, 0.25) is 0 Å². The molecule has 6 heteroatoms. The molecule has 1 aromatic rings. The van der Waals surface area contributed by atoms with Crippen LogP contribution in [0.15, 0.2) is 19.6 Å². The fraction of sp³-hybridized carbons (Fsp3) is 0.400. The van der Waals surface area contributed by atoms with Crippen molar-refractivity contribution in [3.8, 4) is 0 Å². The number of ketones is 1. The Labute approximate surface area is 110 Å². The summed E-state index contributed by atoms with van der Waals surface area (Å²) in [6.45, 7) is 0. The molecule has 0 spiro atoms. The van der Waals surface area contributed by atoms with Crippen molar-refractivity contribution >= 4 is 43.6 Å². The number of hydrogen-bond acceptors (Lipinski definition) is 4. The van der Waals surface area contributed by atoms with E-state index in [1.165, 1.54) is 7.11 Å². The Morgan fingerprint density at radius 2 is 2.06 bits per heavy atom. The molecule has 0 aliphatic carbocycles. The molecule has 0 aliphatic heterocycles. The Morgan fingerprint density at radius 3 is 2.56 bits per heavy atom. The monoisotopic (exact) mass is 352 g/mol. The highest BCUT2D eigenvalue weighted by molar-refractivity contribution is 9.13. The first-order valence-electron chi connectivity index (χ1n) is 4.59. The third kappa shape index (κ3) is 3.75. The molecular formula is C10H10Br2O4. The first kappa shape index (κ1) is 13.4. The van der Waals surface area contributed by atoms with Crippen molar-refractivity contribution < 1.29 is 18.7 Å². The molecule has 0 bridgehead atoms. The fourth-order valence-electron chi connectivity index (χ4n) is 1.10. The van der Waals surface area contributed by atoms with Crippen LogP contribution in [0, 0.1) is 0 Å². The molecule has 88 valence electrons. The smallest absolute Gasteiger partial charge is 0.305 e. The van der Waals surface area contributed by atoms with E-state index in [0.717, 1.165) is 0 Å². The van der Waals surface area contributed by atoms with Crippen LogP contribution in [0.4, 0.5) is 0 Å². The van der Waals surface area contributed by atoms with E-state index in [0.29, 0.717) is 15.6 Å². The highest BCUT2D eigenvalue weighted by Crippen LogP contribution is 2.27. The zero-order valence-electron chi connectivity index (χ0n) is 8.59. The van der Waals surface area contributed by atoms with E-state index in [4.69, 9.17) is 4.42 Å². The molecule has 0 aliphatic rings. The lowest BCUT2D eigenvalue weighted by Crippen LogP contribution is -2.03. The van der Waals surface area contributed by atoms with Gasteiger partial charge in [0.05, 0.1) is 11.6 Å². The molecule has 0 unspecified atom stereocenters. The Balaban J connectivity index is 2.44. The minimum absolute atomic E-state index is 0.129. The minimum atomic E-state index is -0.311. The summed E-state index contributed by atoms with van der Waals surface area (Å²) in [7, 11) is 1.32. The molecule has 0 amide bonds. The normalized spacial score (nSPS) is 10.2. The lowest BCUT2D eigenvalue weighted by molar-refractivity contribution is -0.140. The molecule has 0 atom stereocenters. The Bertz CT molecular complexity index is 378. The van der Waals surface area contributed by atoms with Gasteiger partial charge in [-0.2, -0.15) is 0 Å². The van der Waals surface area contributed by atoms with E-state index >= 15 is 0 Å². The van der Waals surface area contributed by atoms with E-state index < -0.39 is 0 Å². The van der Waals surface area contributed by atoms with Gasteiger partial charge in [0.2, 0.25) is 0 Å². The molecule has 1 rings (SSSR count). The number of ether oxygens (including phenoxy) is 1. The van der Waals surface area contributed by atoms with E-state index in [1.54, 1.807) is 6.07 Å². The number of halogens is 2. The maximum absolute atomic E-state index is 11.6. The van der Waals surface area contributed by atoms with Crippen molar-refractivity contribution in [3.63, 3.8) is 0 Å². The zero-order chi connectivity index (χ0) is 12.1. The molecule has 0 saturated heterocycles. The van der Waals surface area contributed by atoms with Crippen LogP contribution in [0.25, 0.3) is 0 Å². The lowest BCUT2D eigenvalue weighted by atomic mass is 10.1. The quantitative estimate of drug-likeness (QED) is 0.601. The average molecular weight is 354 g/mol. The van der Waals surface area contributed by atoms with E-state index in [1.807, 2.05) is 0 Å². The predicted molar refractivity (Wildman–Crippen MR) is 64.3 cm³/mol. The summed E-state index contributed by atoms with van der Waals surface area (Å²) in [4.78, 5) is 22.4. The Hall–Kier alpha value is -0.620. The Morgan fingerprint density at radius 1 is 1.38 bits per heavy atom. The van der Waals surface area contributed by atoms with Crippen LogP contribution in [0.3, 0.4) is 0 Å². The van der Waals surface area contributed by atoms with Crippen LogP contribution in [-0.2, 0) is 9.53 Å². The number of hydrogen-bond donors (Lipinski definition) is 0. The first-order chi connectivity index (χ1) is 7.54. The molecule has 0 saturated carbocycles. The largest absolute Gasteiger partial charge is 0.469 e. The molecule has 0 radical (unpaired) electrons. The second kappa shape index (κ2) is 6.20. The summed E-state index contributed by atoms with van der Waals surface area (Å²) in [5, 5.41) is 0.